The highest BCUT2D eigenvalue weighted by Gasteiger charge is 2.30. The summed E-state index contributed by atoms with van der Waals surface area (Å²) in [5.74, 6) is -0.580. The number of halogens is 4. The van der Waals surface area contributed by atoms with Gasteiger partial charge in [-0.2, -0.15) is 18.4 Å². The third-order valence-corrected chi connectivity index (χ3v) is 3.71. The molecule has 0 atom stereocenters. The minimum Gasteiger partial charge on any atom is -0.466 e. The molecule has 0 saturated carbocycles. The van der Waals surface area contributed by atoms with E-state index in [1.54, 1.807) is 6.92 Å². The number of nitrogens with zero attached hydrogens (tertiary/aromatic N) is 1. The molecule has 0 fully saturated rings. The minimum absolute atomic E-state index is 0.0600. The molecule has 0 unspecified atom stereocenters. The van der Waals surface area contributed by atoms with E-state index in [9.17, 15) is 18.0 Å². The zero-order chi connectivity index (χ0) is 16.0. The van der Waals surface area contributed by atoms with E-state index in [0.29, 0.717) is 5.56 Å². The van der Waals surface area contributed by atoms with Crippen LogP contribution in [0.4, 0.5) is 13.2 Å². The number of ether oxygens (including phenoxy) is 1. The first kappa shape index (κ1) is 17.9. The smallest absolute Gasteiger partial charge is 0.446 e. The highest BCUT2D eigenvalue weighted by atomic mass is 79.9. The largest absolute Gasteiger partial charge is 0.466 e. The van der Waals surface area contributed by atoms with Crippen molar-refractivity contribution in [2.24, 2.45) is 0 Å². The Kier molecular flexibility index (Phi) is 6.55. The summed E-state index contributed by atoms with van der Waals surface area (Å²) < 4.78 is 42.2. The number of nitriles is 1. The maximum Gasteiger partial charge on any atom is 0.446 e. The molecule has 0 saturated heterocycles. The lowest BCUT2D eigenvalue weighted by Gasteiger charge is -2.12. The second-order valence-corrected chi connectivity index (χ2v) is 5.59. The maximum atomic E-state index is 12.5. The molecular formula is C13H11BrF3NO2S. The number of carbonyl (C=O) groups is 1. The topological polar surface area (TPSA) is 50.1 Å². The average Bonchev–Trinajstić information content (AvgIpc) is 2.36. The molecule has 1 aromatic rings. The quantitative estimate of drug-likeness (QED) is 0.436. The monoisotopic (exact) mass is 381 g/mol. The van der Waals surface area contributed by atoms with E-state index in [-0.39, 0.29) is 46.1 Å². The number of rotatable bonds is 5. The number of thioether (sulfide) groups is 1. The van der Waals surface area contributed by atoms with Crippen molar-refractivity contribution in [3.05, 3.63) is 28.8 Å². The standard InChI is InChI=1S/C13H11BrF3NO2S/c1-2-20-12(19)5-8-3-10(21-13(15,16)17)4-9(6-14)11(8)7-18/h3-4H,2,5-6H2,1H3. The molecule has 8 heteroatoms. The summed E-state index contributed by atoms with van der Waals surface area (Å²) >= 11 is 2.86. The molecule has 0 spiro atoms. The predicted molar refractivity (Wildman–Crippen MR) is 76.0 cm³/mol. The molecular weight excluding hydrogens is 371 g/mol. The van der Waals surface area contributed by atoms with Crippen LogP contribution in [0.3, 0.4) is 0 Å². The van der Waals surface area contributed by atoms with Crippen LogP contribution in [0, 0.1) is 11.3 Å². The van der Waals surface area contributed by atoms with Gasteiger partial charge in [0.1, 0.15) is 0 Å². The van der Waals surface area contributed by atoms with Gasteiger partial charge in [-0.25, -0.2) is 0 Å². The van der Waals surface area contributed by atoms with Gasteiger partial charge in [0, 0.05) is 10.2 Å². The van der Waals surface area contributed by atoms with Gasteiger partial charge in [0.15, 0.2) is 0 Å². The SMILES string of the molecule is CCOC(=O)Cc1cc(SC(F)(F)F)cc(CBr)c1C#N. The number of carbonyl (C=O) groups excluding carboxylic acids is 1. The summed E-state index contributed by atoms with van der Waals surface area (Å²) in [6, 6.07) is 4.42. The van der Waals surface area contributed by atoms with Crippen molar-refractivity contribution in [1.29, 1.82) is 5.26 Å². The van der Waals surface area contributed by atoms with Gasteiger partial charge >= 0.3 is 11.5 Å². The Bertz CT molecular complexity index is 570. The Morgan fingerprint density at radius 2 is 2.05 bits per heavy atom. The van der Waals surface area contributed by atoms with E-state index < -0.39 is 11.5 Å². The normalized spacial score (nSPS) is 11.0. The van der Waals surface area contributed by atoms with Gasteiger partial charge in [0.2, 0.25) is 0 Å². The van der Waals surface area contributed by atoms with Crippen LogP contribution >= 0.6 is 27.7 Å². The van der Waals surface area contributed by atoms with E-state index in [4.69, 9.17) is 10.00 Å². The van der Waals surface area contributed by atoms with Crippen LogP contribution in [0.25, 0.3) is 0 Å². The fourth-order valence-corrected chi connectivity index (χ4v) is 2.80. The Morgan fingerprint density at radius 1 is 1.43 bits per heavy atom. The molecule has 1 rings (SSSR count). The number of alkyl halides is 4. The van der Waals surface area contributed by atoms with Gasteiger partial charge in [-0.05, 0) is 41.9 Å². The van der Waals surface area contributed by atoms with Crippen LogP contribution in [0.5, 0.6) is 0 Å². The van der Waals surface area contributed by atoms with Gasteiger partial charge < -0.3 is 4.74 Å². The molecule has 0 radical (unpaired) electrons. The van der Waals surface area contributed by atoms with E-state index >= 15 is 0 Å². The first-order chi connectivity index (χ1) is 9.80. The second-order valence-electron chi connectivity index (χ2n) is 3.89. The van der Waals surface area contributed by atoms with Gasteiger partial charge in [0.05, 0.1) is 24.7 Å². The van der Waals surface area contributed by atoms with Gasteiger partial charge in [0.25, 0.3) is 0 Å². The third-order valence-electron chi connectivity index (χ3n) is 2.40. The molecule has 114 valence electrons. The average molecular weight is 382 g/mol. The Hall–Kier alpha value is -1.20. The van der Waals surface area contributed by atoms with Crippen molar-refractivity contribution < 1.29 is 22.7 Å². The second kappa shape index (κ2) is 7.71. The highest BCUT2D eigenvalue weighted by molar-refractivity contribution is 9.08. The summed E-state index contributed by atoms with van der Waals surface area (Å²) in [4.78, 5) is 11.4. The fourth-order valence-electron chi connectivity index (χ4n) is 1.68. The van der Waals surface area contributed by atoms with Crippen molar-refractivity contribution in [2.75, 3.05) is 6.61 Å². The molecule has 0 heterocycles. The zero-order valence-electron chi connectivity index (χ0n) is 11.0. The molecule has 3 nitrogen and oxygen atoms in total. The van der Waals surface area contributed by atoms with Crippen molar-refractivity contribution in [3.8, 4) is 6.07 Å². The lowest BCUT2D eigenvalue weighted by molar-refractivity contribution is -0.142. The fraction of sp³-hybridized carbons (Fsp3) is 0.385. The molecule has 21 heavy (non-hydrogen) atoms. The van der Waals surface area contributed by atoms with Crippen molar-refractivity contribution >= 4 is 33.7 Å². The molecule has 0 aromatic heterocycles. The van der Waals surface area contributed by atoms with Crippen LogP contribution in [-0.2, 0) is 21.3 Å². The van der Waals surface area contributed by atoms with E-state index in [2.05, 4.69) is 15.9 Å². The van der Waals surface area contributed by atoms with Crippen LogP contribution in [0.1, 0.15) is 23.6 Å². The number of benzene rings is 1. The van der Waals surface area contributed by atoms with E-state index in [1.165, 1.54) is 12.1 Å². The maximum absolute atomic E-state index is 12.5. The first-order valence-electron chi connectivity index (χ1n) is 5.84. The van der Waals surface area contributed by atoms with Crippen molar-refractivity contribution in [3.63, 3.8) is 0 Å². The third kappa shape index (κ3) is 5.59. The van der Waals surface area contributed by atoms with E-state index in [1.807, 2.05) is 6.07 Å². The summed E-state index contributed by atoms with van der Waals surface area (Å²) in [6.45, 7) is 1.80. The highest BCUT2D eigenvalue weighted by Crippen LogP contribution is 2.38. The summed E-state index contributed by atoms with van der Waals surface area (Å²) in [5, 5.41) is 9.36. The molecule has 0 aliphatic rings. The summed E-state index contributed by atoms with van der Waals surface area (Å²) in [6.07, 6.45) is -0.233. The van der Waals surface area contributed by atoms with Crippen LogP contribution in [0.15, 0.2) is 17.0 Å². The number of esters is 1. The van der Waals surface area contributed by atoms with Crippen molar-refractivity contribution in [1.82, 2.24) is 0 Å². The Labute approximate surface area is 132 Å². The Morgan fingerprint density at radius 3 is 2.52 bits per heavy atom. The minimum atomic E-state index is -4.43. The number of hydrogen-bond acceptors (Lipinski definition) is 4. The molecule has 0 N–H and O–H groups in total. The van der Waals surface area contributed by atoms with Crippen LogP contribution in [0.2, 0.25) is 0 Å². The Balaban J connectivity index is 3.22. The van der Waals surface area contributed by atoms with Gasteiger partial charge in [-0.15, -0.1) is 0 Å². The molecule has 0 amide bonds. The van der Waals surface area contributed by atoms with Gasteiger partial charge in [-0.1, -0.05) is 15.9 Å². The summed E-state index contributed by atoms with van der Waals surface area (Å²) in [5.41, 5.74) is -3.59. The van der Waals surface area contributed by atoms with E-state index in [0.717, 1.165) is 0 Å². The molecule has 1 aromatic carbocycles. The van der Waals surface area contributed by atoms with Crippen LogP contribution < -0.4 is 0 Å². The zero-order valence-corrected chi connectivity index (χ0v) is 13.4. The molecule has 0 aliphatic carbocycles. The van der Waals surface area contributed by atoms with Crippen LogP contribution in [-0.4, -0.2) is 18.1 Å². The lowest BCUT2D eigenvalue weighted by atomic mass is 10.0. The lowest BCUT2D eigenvalue weighted by Crippen LogP contribution is -2.10. The predicted octanol–water partition coefficient (Wildman–Crippen LogP) is 4.17. The summed E-state index contributed by atoms with van der Waals surface area (Å²) in [7, 11) is 0. The molecule has 0 bridgehead atoms. The van der Waals surface area contributed by atoms with Crippen molar-refractivity contribution in [2.45, 2.75) is 29.1 Å². The number of hydrogen-bond donors (Lipinski definition) is 0. The van der Waals surface area contributed by atoms with Gasteiger partial charge in [-0.3, -0.25) is 4.79 Å². The molecule has 0 aliphatic heterocycles. The first-order valence-corrected chi connectivity index (χ1v) is 7.77.